The van der Waals surface area contributed by atoms with E-state index in [2.05, 4.69) is 34.2 Å². The highest BCUT2D eigenvalue weighted by molar-refractivity contribution is 6.04. The lowest BCUT2D eigenvalue weighted by atomic mass is 10.1. The predicted molar refractivity (Wildman–Crippen MR) is 124 cm³/mol. The van der Waals surface area contributed by atoms with Gasteiger partial charge in [-0.2, -0.15) is 5.10 Å². The van der Waals surface area contributed by atoms with Crippen molar-refractivity contribution in [3.8, 4) is 23.3 Å². The maximum Gasteiger partial charge on any atom is 0.257 e. The van der Waals surface area contributed by atoms with Crippen LogP contribution in [0.4, 0.5) is 5.69 Å². The van der Waals surface area contributed by atoms with Gasteiger partial charge in [0.2, 0.25) is 0 Å². The van der Waals surface area contributed by atoms with Crippen molar-refractivity contribution in [3.63, 3.8) is 0 Å². The van der Waals surface area contributed by atoms with Crippen LogP contribution in [0.2, 0.25) is 0 Å². The van der Waals surface area contributed by atoms with Gasteiger partial charge in [-0.1, -0.05) is 31.3 Å². The number of carbonyl (C=O) groups excluding carboxylic acids is 1. The largest absolute Gasteiger partial charge is 0.493 e. The third-order valence-electron chi connectivity index (χ3n) is 4.86. The SMILES string of the molecule is CCCCC#Cc1cncc(C(=O)Nc2cnn(CCc3ccc(OC)c(OC)c3)c2)c1. The Kier molecular flexibility index (Phi) is 8.27. The average Bonchev–Trinajstić information content (AvgIpc) is 3.27. The standard InChI is InChI=1S/C25H28N4O3/c1-4-5-6-7-8-20-13-21(16-26-15-20)25(30)28-22-17-27-29(18-22)12-11-19-9-10-23(31-2)24(14-19)32-3/h9-10,13-18H,4-6,11-12H2,1-3H3,(H,28,30). The van der Waals surface area contributed by atoms with E-state index in [0.29, 0.717) is 29.3 Å². The average molecular weight is 433 g/mol. The van der Waals surface area contributed by atoms with Gasteiger partial charge in [0, 0.05) is 37.1 Å². The molecular formula is C25H28N4O3. The molecule has 0 aliphatic heterocycles. The smallest absolute Gasteiger partial charge is 0.257 e. The predicted octanol–water partition coefficient (Wildman–Crippen LogP) is 4.33. The number of aryl methyl sites for hydroxylation is 2. The Hall–Kier alpha value is -3.79. The molecule has 7 nitrogen and oxygen atoms in total. The van der Waals surface area contributed by atoms with Crippen LogP contribution in [-0.2, 0) is 13.0 Å². The number of amides is 1. The van der Waals surface area contributed by atoms with Crippen LogP contribution in [0, 0.1) is 11.8 Å². The molecule has 0 atom stereocenters. The maximum absolute atomic E-state index is 12.6. The molecule has 0 saturated carbocycles. The maximum atomic E-state index is 12.6. The summed E-state index contributed by atoms with van der Waals surface area (Å²) in [5, 5.41) is 7.20. The molecule has 7 heteroatoms. The number of rotatable bonds is 9. The van der Waals surface area contributed by atoms with Crippen LogP contribution in [0.15, 0.2) is 49.1 Å². The van der Waals surface area contributed by atoms with Gasteiger partial charge in [0.15, 0.2) is 11.5 Å². The van der Waals surface area contributed by atoms with Crippen LogP contribution in [0.5, 0.6) is 11.5 Å². The first-order chi connectivity index (χ1) is 15.6. The number of benzene rings is 1. The number of methoxy groups -OCH3 is 2. The highest BCUT2D eigenvalue weighted by atomic mass is 16.5. The number of anilines is 1. The first-order valence-corrected chi connectivity index (χ1v) is 10.6. The van der Waals surface area contributed by atoms with Crippen LogP contribution in [0.25, 0.3) is 0 Å². The summed E-state index contributed by atoms with van der Waals surface area (Å²) in [5.41, 5.74) is 2.93. The lowest BCUT2D eigenvalue weighted by molar-refractivity contribution is 0.102. The highest BCUT2D eigenvalue weighted by Crippen LogP contribution is 2.27. The van der Waals surface area contributed by atoms with Crippen LogP contribution in [-0.4, -0.2) is 34.9 Å². The fraction of sp³-hybridized carbons (Fsp3) is 0.320. The van der Waals surface area contributed by atoms with E-state index >= 15 is 0 Å². The van der Waals surface area contributed by atoms with E-state index in [1.165, 1.54) is 6.20 Å². The van der Waals surface area contributed by atoms with Crippen LogP contribution >= 0.6 is 0 Å². The number of hydrogen-bond donors (Lipinski definition) is 1. The third-order valence-corrected chi connectivity index (χ3v) is 4.86. The molecule has 32 heavy (non-hydrogen) atoms. The zero-order valence-electron chi connectivity index (χ0n) is 18.7. The Bertz CT molecular complexity index is 1110. The van der Waals surface area contributed by atoms with Crippen molar-refractivity contribution in [2.75, 3.05) is 19.5 Å². The summed E-state index contributed by atoms with van der Waals surface area (Å²) in [4.78, 5) is 16.7. The van der Waals surface area contributed by atoms with Crippen LogP contribution < -0.4 is 14.8 Å². The lowest BCUT2D eigenvalue weighted by Gasteiger charge is -2.09. The summed E-state index contributed by atoms with van der Waals surface area (Å²) < 4.78 is 12.4. The number of carbonyl (C=O) groups is 1. The number of nitrogens with zero attached hydrogens (tertiary/aromatic N) is 3. The normalized spacial score (nSPS) is 10.2. The Morgan fingerprint density at radius 1 is 1.12 bits per heavy atom. The molecule has 0 saturated heterocycles. The van der Waals surface area contributed by atoms with Gasteiger partial charge < -0.3 is 14.8 Å². The summed E-state index contributed by atoms with van der Waals surface area (Å²) in [6, 6.07) is 7.59. The minimum atomic E-state index is -0.242. The van der Waals surface area contributed by atoms with Crippen molar-refractivity contribution < 1.29 is 14.3 Å². The molecule has 1 N–H and O–H groups in total. The molecule has 3 rings (SSSR count). The van der Waals surface area contributed by atoms with Gasteiger partial charge in [-0.25, -0.2) is 0 Å². The molecule has 1 aromatic carbocycles. The molecular weight excluding hydrogens is 404 g/mol. The number of pyridine rings is 1. The van der Waals surface area contributed by atoms with Gasteiger partial charge in [0.05, 0.1) is 31.7 Å². The minimum Gasteiger partial charge on any atom is -0.493 e. The van der Waals surface area contributed by atoms with Gasteiger partial charge in [-0.05, 0) is 36.6 Å². The van der Waals surface area contributed by atoms with Crippen molar-refractivity contribution >= 4 is 11.6 Å². The molecule has 0 unspecified atom stereocenters. The summed E-state index contributed by atoms with van der Waals surface area (Å²) in [6.45, 7) is 2.79. The second-order valence-electron chi connectivity index (χ2n) is 7.25. The quantitative estimate of drug-likeness (QED) is 0.402. The fourth-order valence-electron chi connectivity index (χ4n) is 3.10. The lowest BCUT2D eigenvalue weighted by Crippen LogP contribution is -2.12. The molecule has 2 aromatic heterocycles. The molecule has 0 bridgehead atoms. The van der Waals surface area contributed by atoms with E-state index < -0.39 is 0 Å². The molecule has 0 spiro atoms. The number of hydrogen-bond acceptors (Lipinski definition) is 5. The van der Waals surface area contributed by atoms with Crippen molar-refractivity contribution in [2.24, 2.45) is 0 Å². The molecule has 3 aromatic rings. The zero-order chi connectivity index (χ0) is 22.8. The minimum absolute atomic E-state index is 0.242. The molecule has 1 amide bonds. The van der Waals surface area contributed by atoms with E-state index in [4.69, 9.17) is 9.47 Å². The van der Waals surface area contributed by atoms with Crippen molar-refractivity contribution in [1.82, 2.24) is 14.8 Å². The third kappa shape index (κ3) is 6.35. The second-order valence-corrected chi connectivity index (χ2v) is 7.25. The van der Waals surface area contributed by atoms with E-state index in [9.17, 15) is 4.79 Å². The highest BCUT2D eigenvalue weighted by Gasteiger charge is 2.09. The molecule has 0 aliphatic rings. The van der Waals surface area contributed by atoms with Crippen LogP contribution in [0.3, 0.4) is 0 Å². The van der Waals surface area contributed by atoms with Gasteiger partial charge in [0.25, 0.3) is 5.91 Å². The molecule has 0 aliphatic carbocycles. The van der Waals surface area contributed by atoms with Crippen molar-refractivity contribution in [3.05, 3.63) is 65.7 Å². The van der Waals surface area contributed by atoms with Gasteiger partial charge in [-0.15, -0.1) is 0 Å². The second kappa shape index (κ2) is 11.6. The number of nitrogens with one attached hydrogen (secondary N) is 1. The van der Waals surface area contributed by atoms with Crippen molar-refractivity contribution in [1.29, 1.82) is 0 Å². The monoisotopic (exact) mass is 432 g/mol. The topological polar surface area (TPSA) is 78.3 Å². The summed E-state index contributed by atoms with van der Waals surface area (Å²) in [6.07, 6.45) is 10.4. The molecule has 0 fully saturated rings. The summed E-state index contributed by atoms with van der Waals surface area (Å²) in [5.74, 6) is 7.33. The molecule has 166 valence electrons. The first-order valence-electron chi connectivity index (χ1n) is 10.6. The van der Waals surface area contributed by atoms with Gasteiger partial charge in [0.1, 0.15) is 0 Å². The Balaban J connectivity index is 1.58. The van der Waals surface area contributed by atoms with E-state index in [0.717, 1.165) is 36.8 Å². The Morgan fingerprint density at radius 2 is 1.97 bits per heavy atom. The first kappa shape index (κ1) is 22.9. The van der Waals surface area contributed by atoms with Crippen LogP contribution in [0.1, 0.15) is 47.7 Å². The van der Waals surface area contributed by atoms with Gasteiger partial charge >= 0.3 is 0 Å². The molecule has 2 heterocycles. The Labute approximate surface area is 188 Å². The van der Waals surface area contributed by atoms with E-state index in [1.54, 1.807) is 43.6 Å². The molecule has 0 radical (unpaired) electrons. The van der Waals surface area contributed by atoms with Crippen molar-refractivity contribution in [2.45, 2.75) is 39.2 Å². The van der Waals surface area contributed by atoms with Gasteiger partial charge in [-0.3, -0.25) is 14.5 Å². The fourth-order valence-corrected chi connectivity index (χ4v) is 3.10. The zero-order valence-corrected chi connectivity index (χ0v) is 18.7. The Morgan fingerprint density at radius 3 is 2.75 bits per heavy atom. The van der Waals surface area contributed by atoms with E-state index in [-0.39, 0.29) is 5.91 Å². The number of aromatic nitrogens is 3. The summed E-state index contributed by atoms with van der Waals surface area (Å²) in [7, 11) is 3.23. The summed E-state index contributed by atoms with van der Waals surface area (Å²) >= 11 is 0. The number of ether oxygens (including phenoxy) is 2. The van der Waals surface area contributed by atoms with E-state index in [1.807, 2.05) is 18.2 Å². The number of unbranched alkanes of at least 4 members (excludes halogenated alkanes) is 2.